The molecule has 0 aliphatic rings. The van der Waals surface area contributed by atoms with Crippen LogP contribution in [-0.4, -0.2) is 49.3 Å². The molecule has 1 aromatic rings. The molecule has 0 aliphatic heterocycles. The molecule has 1 unspecified atom stereocenters. The molecule has 25 heavy (non-hydrogen) atoms. The molecule has 0 heterocycles. The van der Waals surface area contributed by atoms with Crippen molar-refractivity contribution in [3.05, 3.63) is 41.5 Å². The van der Waals surface area contributed by atoms with E-state index in [1.165, 1.54) is 13.3 Å². The van der Waals surface area contributed by atoms with Gasteiger partial charge in [0.2, 0.25) is 0 Å². The molecular weight excluding hydrogens is 324 g/mol. The van der Waals surface area contributed by atoms with Crippen LogP contribution in [0.5, 0.6) is 0 Å². The predicted molar refractivity (Wildman–Crippen MR) is 98.0 cm³/mol. The zero-order valence-electron chi connectivity index (χ0n) is 14.1. The van der Waals surface area contributed by atoms with Crippen LogP contribution >= 0.6 is 0 Å². The highest BCUT2D eigenvalue weighted by atomic mass is 16.5. The second-order valence-electron chi connectivity index (χ2n) is 4.72. The van der Waals surface area contributed by atoms with Gasteiger partial charge in [0.25, 0.3) is 0 Å². The number of carbonyl (C=O) groups excluding carboxylic acids is 1. The Balaban J connectivity index is 0.00000178. The van der Waals surface area contributed by atoms with Gasteiger partial charge in [-0.2, -0.15) is 0 Å². The monoisotopic (exact) mass is 348 g/mol. The molecule has 0 saturated heterocycles. The molecule has 0 radical (unpaired) electrons. The van der Waals surface area contributed by atoms with Gasteiger partial charge < -0.3 is 21.3 Å². The SMILES string of the molecule is COC(=O)c1ccc(/C=C/C=NC(CCCN)C(=O)O)cc1.N=CN. The molecular formula is C17H24N4O4. The Morgan fingerprint density at radius 2 is 1.96 bits per heavy atom. The van der Waals surface area contributed by atoms with E-state index in [0.717, 1.165) is 11.9 Å². The number of ether oxygens (including phenoxy) is 1. The van der Waals surface area contributed by atoms with Crippen LogP contribution in [0.15, 0.2) is 35.3 Å². The summed E-state index contributed by atoms with van der Waals surface area (Å²) in [6.07, 6.45) is 6.68. The number of nitrogens with one attached hydrogen (secondary N) is 1. The average Bonchev–Trinajstić information content (AvgIpc) is 2.61. The molecule has 6 N–H and O–H groups in total. The van der Waals surface area contributed by atoms with Crippen molar-refractivity contribution >= 4 is 30.6 Å². The van der Waals surface area contributed by atoms with E-state index in [0.29, 0.717) is 24.9 Å². The Morgan fingerprint density at radius 3 is 2.44 bits per heavy atom. The first-order valence-corrected chi connectivity index (χ1v) is 7.51. The minimum absolute atomic E-state index is 0.388. The zero-order valence-corrected chi connectivity index (χ0v) is 14.1. The van der Waals surface area contributed by atoms with E-state index in [-0.39, 0.29) is 5.97 Å². The molecule has 0 amide bonds. The maximum atomic E-state index is 11.3. The summed E-state index contributed by atoms with van der Waals surface area (Å²) >= 11 is 0. The van der Waals surface area contributed by atoms with Crippen molar-refractivity contribution in [1.29, 1.82) is 5.41 Å². The number of hydrogen-bond acceptors (Lipinski definition) is 6. The number of nitrogens with two attached hydrogens (primary N) is 2. The summed E-state index contributed by atoms with van der Waals surface area (Å²) in [4.78, 5) is 26.3. The lowest BCUT2D eigenvalue weighted by molar-refractivity contribution is -0.138. The Morgan fingerprint density at radius 1 is 1.36 bits per heavy atom. The van der Waals surface area contributed by atoms with E-state index >= 15 is 0 Å². The van der Waals surface area contributed by atoms with Gasteiger partial charge >= 0.3 is 11.9 Å². The average molecular weight is 348 g/mol. The first kappa shape index (κ1) is 22.0. The van der Waals surface area contributed by atoms with Gasteiger partial charge in [-0.3, -0.25) is 10.4 Å². The number of aliphatic carboxylic acids is 1. The normalized spacial score (nSPS) is 11.6. The molecule has 0 aromatic heterocycles. The number of benzene rings is 1. The van der Waals surface area contributed by atoms with Crippen molar-refractivity contribution in [1.82, 2.24) is 0 Å². The summed E-state index contributed by atoms with van der Waals surface area (Å²) in [7, 11) is 1.33. The van der Waals surface area contributed by atoms with Crippen molar-refractivity contribution in [3.63, 3.8) is 0 Å². The molecule has 0 bridgehead atoms. The number of aliphatic imine (C=N–C) groups is 1. The van der Waals surface area contributed by atoms with Gasteiger partial charge in [-0.25, -0.2) is 9.59 Å². The number of nitrogens with zero attached hydrogens (tertiary/aromatic N) is 1. The largest absolute Gasteiger partial charge is 0.480 e. The first-order chi connectivity index (χ1) is 12.0. The summed E-state index contributed by atoms with van der Waals surface area (Å²) in [5.41, 5.74) is 11.1. The molecule has 1 atom stereocenters. The van der Waals surface area contributed by atoms with Crippen LogP contribution in [0.2, 0.25) is 0 Å². The summed E-state index contributed by atoms with van der Waals surface area (Å²) < 4.78 is 4.61. The highest BCUT2D eigenvalue weighted by Gasteiger charge is 2.13. The lowest BCUT2D eigenvalue weighted by Gasteiger charge is -2.04. The number of hydrogen-bond donors (Lipinski definition) is 4. The number of esters is 1. The summed E-state index contributed by atoms with van der Waals surface area (Å²) in [5, 5.41) is 14.9. The molecule has 8 nitrogen and oxygen atoms in total. The van der Waals surface area contributed by atoms with Gasteiger partial charge in [0.15, 0.2) is 0 Å². The third kappa shape index (κ3) is 9.67. The Labute approximate surface area is 146 Å². The minimum Gasteiger partial charge on any atom is -0.480 e. The van der Waals surface area contributed by atoms with Crippen LogP contribution in [0.3, 0.4) is 0 Å². The van der Waals surface area contributed by atoms with Crippen molar-refractivity contribution in [2.45, 2.75) is 18.9 Å². The van der Waals surface area contributed by atoms with Crippen LogP contribution in [0.4, 0.5) is 0 Å². The van der Waals surface area contributed by atoms with Crippen LogP contribution in [0.1, 0.15) is 28.8 Å². The predicted octanol–water partition coefficient (Wildman–Crippen LogP) is 1.30. The van der Waals surface area contributed by atoms with Gasteiger partial charge in [-0.05, 0) is 43.2 Å². The van der Waals surface area contributed by atoms with Crippen molar-refractivity contribution < 1.29 is 19.4 Å². The fourth-order valence-corrected chi connectivity index (χ4v) is 1.73. The lowest BCUT2D eigenvalue weighted by atomic mass is 10.1. The van der Waals surface area contributed by atoms with Crippen LogP contribution < -0.4 is 11.5 Å². The maximum absolute atomic E-state index is 11.3. The Kier molecular flexibility index (Phi) is 11.8. The summed E-state index contributed by atoms with van der Waals surface area (Å²) in [5.74, 6) is -1.35. The van der Waals surface area contributed by atoms with Crippen molar-refractivity contribution in [2.75, 3.05) is 13.7 Å². The minimum atomic E-state index is -0.958. The van der Waals surface area contributed by atoms with E-state index < -0.39 is 12.0 Å². The number of carboxylic acid groups (broad SMARTS) is 1. The number of rotatable bonds is 8. The molecule has 1 aromatic carbocycles. The van der Waals surface area contributed by atoms with E-state index in [2.05, 4.69) is 15.5 Å². The topological polar surface area (TPSA) is 152 Å². The summed E-state index contributed by atoms with van der Waals surface area (Å²) in [6, 6.07) is 6.07. The van der Waals surface area contributed by atoms with Gasteiger partial charge in [-0.1, -0.05) is 18.2 Å². The molecule has 0 fully saturated rings. The molecule has 0 saturated carbocycles. The second-order valence-corrected chi connectivity index (χ2v) is 4.72. The van der Waals surface area contributed by atoms with E-state index in [9.17, 15) is 9.59 Å². The first-order valence-electron chi connectivity index (χ1n) is 7.51. The highest BCUT2D eigenvalue weighted by molar-refractivity contribution is 5.89. The van der Waals surface area contributed by atoms with Crippen molar-refractivity contribution in [3.8, 4) is 0 Å². The zero-order chi connectivity index (χ0) is 19.1. The Hall–Kier alpha value is -3.00. The van der Waals surface area contributed by atoms with Crippen molar-refractivity contribution in [2.24, 2.45) is 16.5 Å². The molecule has 1 rings (SSSR count). The number of carboxylic acids is 1. The molecule has 0 spiro atoms. The Bertz CT molecular complexity index is 597. The quantitative estimate of drug-likeness (QED) is 0.316. The number of methoxy groups -OCH3 is 1. The number of allylic oxidation sites excluding steroid dienone is 1. The third-order valence-corrected chi connectivity index (χ3v) is 2.94. The van der Waals surface area contributed by atoms with Gasteiger partial charge in [0, 0.05) is 6.21 Å². The van der Waals surface area contributed by atoms with E-state index in [4.69, 9.17) is 16.2 Å². The fourth-order valence-electron chi connectivity index (χ4n) is 1.73. The van der Waals surface area contributed by atoms with Crippen LogP contribution in [-0.2, 0) is 9.53 Å². The van der Waals surface area contributed by atoms with Gasteiger partial charge in [0.05, 0.1) is 19.0 Å². The molecule has 8 heteroatoms. The standard InChI is InChI=1S/C16H20N2O4.CH4N2/c1-22-16(21)13-8-6-12(7-9-13)4-3-11-18-14(15(19)20)5-2-10-17;2-1-3/h3-4,6-9,11,14H,2,5,10,17H2,1H3,(H,19,20);1H,(H3,2,3)/b4-3+,18-11?;. The smallest absolute Gasteiger partial charge is 0.337 e. The van der Waals surface area contributed by atoms with Gasteiger partial charge in [-0.15, -0.1) is 0 Å². The lowest BCUT2D eigenvalue weighted by Crippen LogP contribution is -2.19. The van der Waals surface area contributed by atoms with E-state index in [1.807, 2.05) is 0 Å². The van der Waals surface area contributed by atoms with Crippen LogP contribution in [0, 0.1) is 5.41 Å². The van der Waals surface area contributed by atoms with Gasteiger partial charge in [0.1, 0.15) is 6.04 Å². The van der Waals surface area contributed by atoms with E-state index in [1.54, 1.807) is 36.4 Å². The summed E-state index contributed by atoms with van der Waals surface area (Å²) in [6.45, 7) is 0.446. The van der Waals surface area contributed by atoms with Crippen LogP contribution in [0.25, 0.3) is 6.08 Å². The second kappa shape index (κ2) is 13.4. The highest BCUT2D eigenvalue weighted by Crippen LogP contribution is 2.07. The fraction of sp³-hybridized carbons (Fsp3) is 0.294. The number of carbonyl (C=O) groups is 2. The third-order valence-electron chi connectivity index (χ3n) is 2.94. The molecule has 136 valence electrons. The molecule has 0 aliphatic carbocycles. The maximum Gasteiger partial charge on any atom is 0.337 e.